The highest BCUT2D eigenvalue weighted by Crippen LogP contribution is 2.24. The Balaban J connectivity index is 2.70. The molecule has 0 saturated heterocycles. The Hall–Kier alpha value is -2.24. The lowest BCUT2D eigenvalue weighted by molar-refractivity contribution is -0.120. The largest absolute Gasteiger partial charge is 0.493 e. The Morgan fingerprint density at radius 2 is 2.00 bits per heavy atom. The molecule has 0 aliphatic heterocycles. The van der Waals surface area contributed by atoms with Crippen LogP contribution in [0.2, 0.25) is 0 Å². The zero-order valence-corrected chi connectivity index (χ0v) is 11.9. The van der Waals surface area contributed by atoms with Crippen LogP contribution in [0.25, 0.3) is 0 Å². The van der Waals surface area contributed by atoms with Crippen molar-refractivity contribution in [2.45, 2.75) is 20.3 Å². The normalized spacial score (nSPS) is 9.90. The van der Waals surface area contributed by atoms with Gasteiger partial charge in [-0.1, -0.05) is 13.0 Å². The SMILES string of the molecule is CCCNC(=O)CNC(=O)c1c(N)cccc1OCC. The van der Waals surface area contributed by atoms with Crippen LogP contribution >= 0.6 is 0 Å². The molecule has 1 rings (SSSR count). The number of hydrogen-bond donors (Lipinski definition) is 3. The van der Waals surface area contributed by atoms with Crippen LogP contribution in [0.1, 0.15) is 30.6 Å². The van der Waals surface area contributed by atoms with Gasteiger partial charge in [-0.25, -0.2) is 0 Å². The van der Waals surface area contributed by atoms with Crippen molar-refractivity contribution in [3.63, 3.8) is 0 Å². The number of ether oxygens (including phenoxy) is 1. The Bertz CT molecular complexity index is 475. The van der Waals surface area contributed by atoms with Gasteiger partial charge in [-0.15, -0.1) is 0 Å². The minimum Gasteiger partial charge on any atom is -0.493 e. The van der Waals surface area contributed by atoms with E-state index in [2.05, 4.69) is 10.6 Å². The second-order valence-electron chi connectivity index (χ2n) is 4.19. The first kappa shape index (κ1) is 15.8. The highest BCUT2D eigenvalue weighted by atomic mass is 16.5. The van der Waals surface area contributed by atoms with Crippen molar-refractivity contribution in [1.82, 2.24) is 10.6 Å². The van der Waals surface area contributed by atoms with Gasteiger partial charge in [0.1, 0.15) is 11.3 Å². The average molecular weight is 279 g/mol. The molecule has 0 saturated carbocycles. The molecule has 6 heteroatoms. The van der Waals surface area contributed by atoms with E-state index in [0.29, 0.717) is 24.6 Å². The molecule has 0 radical (unpaired) electrons. The lowest BCUT2D eigenvalue weighted by Crippen LogP contribution is -2.37. The Morgan fingerprint density at radius 1 is 1.25 bits per heavy atom. The average Bonchev–Trinajstić information content (AvgIpc) is 2.43. The van der Waals surface area contributed by atoms with Crippen molar-refractivity contribution in [1.29, 1.82) is 0 Å². The number of nitrogens with one attached hydrogen (secondary N) is 2. The third kappa shape index (κ3) is 4.46. The molecule has 0 aromatic heterocycles. The minimum absolute atomic E-state index is 0.0846. The molecule has 0 aliphatic carbocycles. The van der Waals surface area contributed by atoms with E-state index in [9.17, 15) is 9.59 Å². The first-order valence-corrected chi connectivity index (χ1v) is 6.66. The monoisotopic (exact) mass is 279 g/mol. The molecular weight excluding hydrogens is 258 g/mol. The fourth-order valence-corrected chi connectivity index (χ4v) is 1.64. The van der Waals surface area contributed by atoms with Gasteiger partial charge < -0.3 is 21.1 Å². The highest BCUT2D eigenvalue weighted by Gasteiger charge is 2.16. The second-order valence-corrected chi connectivity index (χ2v) is 4.19. The van der Waals surface area contributed by atoms with Gasteiger partial charge in [-0.05, 0) is 25.5 Å². The van der Waals surface area contributed by atoms with E-state index in [0.717, 1.165) is 6.42 Å². The Kier molecular flexibility index (Phi) is 6.36. The molecule has 20 heavy (non-hydrogen) atoms. The molecule has 6 nitrogen and oxygen atoms in total. The first-order valence-electron chi connectivity index (χ1n) is 6.66. The third-order valence-corrected chi connectivity index (χ3v) is 2.57. The van der Waals surface area contributed by atoms with E-state index in [1.54, 1.807) is 18.2 Å². The second kappa shape index (κ2) is 8.04. The summed E-state index contributed by atoms with van der Waals surface area (Å²) in [5, 5.41) is 5.21. The van der Waals surface area contributed by atoms with Crippen molar-refractivity contribution in [2.24, 2.45) is 0 Å². The van der Waals surface area contributed by atoms with Crippen LogP contribution in [-0.4, -0.2) is 31.5 Å². The summed E-state index contributed by atoms with van der Waals surface area (Å²) in [6, 6.07) is 5.01. The number of nitrogens with two attached hydrogens (primary N) is 1. The summed E-state index contributed by atoms with van der Waals surface area (Å²) in [6.45, 7) is 4.72. The molecule has 1 aromatic rings. The number of anilines is 1. The number of amides is 2. The molecule has 2 amide bonds. The molecular formula is C14H21N3O3. The zero-order valence-electron chi connectivity index (χ0n) is 11.9. The summed E-state index contributed by atoms with van der Waals surface area (Å²) < 4.78 is 5.37. The molecule has 1 aromatic carbocycles. The van der Waals surface area contributed by atoms with Crippen molar-refractivity contribution < 1.29 is 14.3 Å². The molecule has 0 fully saturated rings. The van der Waals surface area contributed by atoms with Crippen LogP contribution in [0.4, 0.5) is 5.69 Å². The van der Waals surface area contributed by atoms with Gasteiger partial charge in [-0.3, -0.25) is 9.59 Å². The van der Waals surface area contributed by atoms with Crippen molar-refractivity contribution in [3.8, 4) is 5.75 Å². The van der Waals surface area contributed by atoms with Crippen LogP contribution in [-0.2, 0) is 4.79 Å². The van der Waals surface area contributed by atoms with Gasteiger partial charge in [0.25, 0.3) is 5.91 Å². The van der Waals surface area contributed by atoms with Crippen LogP contribution in [0.15, 0.2) is 18.2 Å². The summed E-state index contributed by atoms with van der Waals surface area (Å²) in [7, 11) is 0. The van der Waals surface area contributed by atoms with E-state index in [-0.39, 0.29) is 18.0 Å². The lowest BCUT2D eigenvalue weighted by atomic mass is 10.1. The van der Waals surface area contributed by atoms with E-state index in [1.165, 1.54) is 0 Å². The summed E-state index contributed by atoms with van der Waals surface area (Å²) in [6.07, 6.45) is 0.847. The van der Waals surface area contributed by atoms with Crippen LogP contribution in [0, 0.1) is 0 Å². The molecule has 0 aliphatic rings. The molecule has 0 unspecified atom stereocenters. The topological polar surface area (TPSA) is 93.5 Å². The number of rotatable bonds is 7. The van der Waals surface area contributed by atoms with Gasteiger partial charge in [0.15, 0.2) is 0 Å². The van der Waals surface area contributed by atoms with Crippen LogP contribution in [0.5, 0.6) is 5.75 Å². The van der Waals surface area contributed by atoms with Gasteiger partial charge in [0, 0.05) is 12.2 Å². The standard InChI is InChI=1S/C14H21N3O3/c1-3-8-16-12(18)9-17-14(19)13-10(15)6-5-7-11(13)20-4-2/h5-7H,3-4,8-9,15H2,1-2H3,(H,16,18)(H,17,19). The van der Waals surface area contributed by atoms with Crippen LogP contribution < -0.4 is 21.1 Å². The molecule has 0 bridgehead atoms. The Morgan fingerprint density at radius 3 is 2.65 bits per heavy atom. The third-order valence-electron chi connectivity index (χ3n) is 2.57. The summed E-state index contributed by atoms with van der Waals surface area (Å²) in [4.78, 5) is 23.5. The summed E-state index contributed by atoms with van der Waals surface area (Å²) in [5.74, 6) is -0.232. The number of carbonyl (C=O) groups excluding carboxylic acids is 2. The molecule has 0 atom stereocenters. The molecule has 0 spiro atoms. The number of hydrogen-bond acceptors (Lipinski definition) is 4. The van der Waals surface area contributed by atoms with Gasteiger partial charge in [0.2, 0.25) is 5.91 Å². The number of benzene rings is 1. The Labute approximate surface area is 118 Å². The molecule has 0 heterocycles. The van der Waals surface area contributed by atoms with Gasteiger partial charge in [-0.2, -0.15) is 0 Å². The van der Waals surface area contributed by atoms with E-state index in [4.69, 9.17) is 10.5 Å². The fraction of sp³-hybridized carbons (Fsp3) is 0.429. The van der Waals surface area contributed by atoms with Crippen molar-refractivity contribution >= 4 is 17.5 Å². The van der Waals surface area contributed by atoms with Gasteiger partial charge >= 0.3 is 0 Å². The smallest absolute Gasteiger partial charge is 0.257 e. The summed E-state index contributed by atoms with van der Waals surface area (Å²) in [5.41, 5.74) is 6.38. The number of carbonyl (C=O) groups is 2. The minimum atomic E-state index is -0.418. The van der Waals surface area contributed by atoms with Crippen molar-refractivity contribution in [3.05, 3.63) is 23.8 Å². The lowest BCUT2D eigenvalue weighted by Gasteiger charge is -2.12. The fourth-order valence-electron chi connectivity index (χ4n) is 1.64. The zero-order chi connectivity index (χ0) is 15.0. The maximum atomic E-state index is 12.1. The van der Waals surface area contributed by atoms with E-state index < -0.39 is 5.91 Å². The maximum Gasteiger partial charge on any atom is 0.257 e. The van der Waals surface area contributed by atoms with Gasteiger partial charge in [0.05, 0.1) is 13.2 Å². The maximum absolute atomic E-state index is 12.1. The quantitative estimate of drug-likeness (QED) is 0.647. The van der Waals surface area contributed by atoms with Crippen LogP contribution in [0.3, 0.4) is 0 Å². The van der Waals surface area contributed by atoms with E-state index >= 15 is 0 Å². The summed E-state index contributed by atoms with van der Waals surface area (Å²) >= 11 is 0. The first-order chi connectivity index (χ1) is 9.60. The highest BCUT2D eigenvalue weighted by molar-refractivity contribution is 6.03. The number of nitrogen functional groups attached to an aromatic ring is 1. The van der Waals surface area contributed by atoms with E-state index in [1.807, 2.05) is 13.8 Å². The predicted molar refractivity (Wildman–Crippen MR) is 77.7 cm³/mol. The predicted octanol–water partition coefficient (Wildman–Crippen LogP) is 0.923. The molecule has 110 valence electrons. The molecule has 4 N–H and O–H groups in total. The van der Waals surface area contributed by atoms with Crippen molar-refractivity contribution in [2.75, 3.05) is 25.4 Å².